The first-order chi connectivity index (χ1) is 13.3. The van der Waals surface area contributed by atoms with Crippen LogP contribution < -0.4 is 10.1 Å². The fourth-order valence-electron chi connectivity index (χ4n) is 2.63. The predicted molar refractivity (Wildman–Crippen MR) is 112 cm³/mol. The molecule has 1 N–H and O–H groups in total. The van der Waals surface area contributed by atoms with Crippen molar-refractivity contribution in [1.29, 1.82) is 0 Å². The molecule has 0 atom stereocenters. The van der Waals surface area contributed by atoms with E-state index in [1.807, 2.05) is 84.9 Å². The SMILES string of the molecule is C=CCOc1cccc(NC(=O)/C(=C/c2ccccc2)c2ccccc2)c1. The van der Waals surface area contributed by atoms with Gasteiger partial charge in [0.1, 0.15) is 12.4 Å². The Morgan fingerprint density at radius 3 is 2.33 bits per heavy atom. The minimum Gasteiger partial charge on any atom is -0.489 e. The van der Waals surface area contributed by atoms with Gasteiger partial charge in [0.05, 0.1) is 0 Å². The van der Waals surface area contributed by atoms with Crippen LogP contribution in [0, 0.1) is 0 Å². The molecule has 3 aromatic carbocycles. The Bertz CT molecular complexity index is 931. The number of anilines is 1. The lowest BCUT2D eigenvalue weighted by Gasteiger charge is -2.11. The minimum atomic E-state index is -0.175. The van der Waals surface area contributed by atoms with Crippen molar-refractivity contribution in [2.75, 3.05) is 11.9 Å². The van der Waals surface area contributed by atoms with Crippen LogP contribution in [0.15, 0.2) is 97.6 Å². The van der Waals surface area contributed by atoms with E-state index in [1.54, 1.807) is 12.1 Å². The van der Waals surface area contributed by atoms with Crippen molar-refractivity contribution >= 4 is 23.2 Å². The number of ether oxygens (including phenoxy) is 1. The summed E-state index contributed by atoms with van der Waals surface area (Å²) in [7, 11) is 0. The lowest BCUT2D eigenvalue weighted by atomic mass is 10.0. The molecule has 3 aromatic rings. The highest BCUT2D eigenvalue weighted by Gasteiger charge is 2.13. The maximum atomic E-state index is 13.0. The zero-order valence-electron chi connectivity index (χ0n) is 15.0. The second-order valence-corrected chi connectivity index (χ2v) is 5.92. The van der Waals surface area contributed by atoms with Crippen LogP contribution in [0.5, 0.6) is 5.75 Å². The van der Waals surface area contributed by atoms with Gasteiger partial charge in [-0.15, -0.1) is 0 Å². The van der Waals surface area contributed by atoms with Gasteiger partial charge in [0.25, 0.3) is 5.91 Å². The van der Waals surface area contributed by atoms with E-state index in [4.69, 9.17) is 4.74 Å². The zero-order valence-corrected chi connectivity index (χ0v) is 15.0. The number of amides is 1. The van der Waals surface area contributed by atoms with E-state index in [0.717, 1.165) is 11.1 Å². The van der Waals surface area contributed by atoms with E-state index in [0.29, 0.717) is 23.6 Å². The molecule has 0 fully saturated rings. The highest BCUT2D eigenvalue weighted by atomic mass is 16.5. The van der Waals surface area contributed by atoms with E-state index < -0.39 is 0 Å². The van der Waals surface area contributed by atoms with E-state index in [9.17, 15) is 4.79 Å². The molecule has 27 heavy (non-hydrogen) atoms. The summed E-state index contributed by atoms with van der Waals surface area (Å²) in [5.41, 5.74) is 3.10. The van der Waals surface area contributed by atoms with Crippen LogP contribution in [0.4, 0.5) is 5.69 Å². The van der Waals surface area contributed by atoms with Crippen LogP contribution in [-0.2, 0) is 4.79 Å². The molecular weight excluding hydrogens is 334 g/mol. The Kier molecular flexibility index (Phi) is 6.21. The molecule has 0 bridgehead atoms. The van der Waals surface area contributed by atoms with E-state index in [2.05, 4.69) is 11.9 Å². The Labute approximate surface area is 159 Å². The van der Waals surface area contributed by atoms with Gasteiger partial charge in [-0.05, 0) is 29.3 Å². The standard InChI is InChI=1S/C24H21NO2/c1-2-16-27-22-15-9-14-21(18-22)25-24(26)23(20-12-7-4-8-13-20)17-19-10-5-3-6-11-19/h2-15,17-18H,1,16H2,(H,25,26)/b23-17+. The van der Waals surface area contributed by atoms with Gasteiger partial charge in [-0.2, -0.15) is 0 Å². The third kappa shape index (κ3) is 5.19. The second kappa shape index (κ2) is 9.20. The molecule has 0 radical (unpaired) electrons. The first kappa shape index (κ1) is 18.2. The number of carbonyl (C=O) groups excluding carboxylic acids is 1. The number of hydrogen-bond acceptors (Lipinski definition) is 2. The topological polar surface area (TPSA) is 38.3 Å². The highest BCUT2D eigenvalue weighted by Crippen LogP contribution is 2.22. The van der Waals surface area contributed by atoms with E-state index >= 15 is 0 Å². The molecule has 3 nitrogen and oxygen atoms in total. The molecule has 0 aromatic heterocycles. The molecule has 0 saturated carbocycles. The summed E-state index contributed by atoms with van der Waals surface area (Å²) < 4.78 is 5.53. The van der Waals surface area contributed by atoms with Gasteiger partial charge >= 0.3 is 0 Å². The van der Waals surface area contributed by atoms with Gasteiger partial charge in [0.15, 0.2) is 0 Å². The molecule has 0 unspecified atom stereocenters. The number of rotatable bonds is 7. The van der Waals surface area contributed by atoms with Crippen molar-refractivity contribution in [2.24, 2.45) is 0 Å². The van der Waals surface area contributed by atoms with Crippen LogP contribution in [0.25, 0.3) is 11.6 Å². The van der Waals surface area contributed by atoms with E-state index in [1.165, 1.54) is 0 Å². The molecule has 0 saturated heterocycles. The highest BCUT2D eigenvalue weighted by molar-refractivity contribution is 6.29. The molecular formula is C24H21NO2. The summed E-state index contributed by atoms with van der Waals surface area (Å²) >= 11 is 0. The summed E-state index contributed by atoms with van der Waals surface area (Å²) in [6, 6.07) is 26.8. The van der Waals surface area contributed by atoms with Gasteiger partial charge in [-0.1, -0.05) is 79.4 Å². The average Bonchev–Trinajstić information content (AvgIpc) is 2.72. The van der Waals surface area contributed by atoms with Crippen molar-refractivity contribution in [3.63, 3.8) is 0 Å². The van der Waals surface area contributed by atoms with Gasteiger partial charge < -0.3 is 10.1 Å². The average molecular weight is 355 g/mol. The van der Waals surface area contributed by atoms with Crippen molar-refractivity contribution in [3.8, 4) is 5.75 Å². The number of benzene rings is 3. The maximum Gasteiger partial charge on any atom is 0.256 e. The predicted octanol–water partition coefficient (Wildman–Crippen LogP) is 5.43. The van der Waals surface area contributed by atoms with Crippen molar-refractivity contribution in [1.82, 2.24) is 0 Å². The molecule has 0 aliphatic heterocycles. The fraction of sp³-hybridized carbons (Fsp3) is 0.0417. The van der Waals surface area contributed by atoms with Crippen LogP contribution in [0.2, 0.25) is 0 Å². The van der Waals surface area contributed by atoms with Crippen LogP contribution >= 0.6 is 0 Å². The Hall–Kier alpha value is -3.59. The molecule has 1 amide bonds. The van der Waals surface area contributed by atoms with Crippen molar-refractivity contribution in [2.45, 2.75) is 0 Å². The minimum absolute atomic E-state index is 0.175. The van der Waals surface area contributed by atoms with Crippen LogP contribution in [0.1, 0.15) is 11.1 Å². The van der Waals surface area contributed by atoms with Gasteiger partial charge in [0.2, 0.25) is 0 Å². The molecule has 0 spiro atoms. The molecule has 134 valence electrons. The number of nitrogens with one attached hydrogen (secondary N) is 1. The van der Waals surface area contributed by atoms with Crippen molar-refractivity contribution in [3.05, 3.63) is 109 Å². The summed E-state index contributed by atoms with van der Waals surface area (Å²) in [4.78, 5) is 13.0. The zero-order chi connectivity index (χ0) is 18.9. The van der Waals surface area contributed by atoms with E-state index in [-0.39, 0.29) is 5.91 Å². The molecule has 0 heterocycles. The van der Waals surface area contributed by atoms with Crippen LogP contribution in [0.3, 0.4) is 0 Å². The summed E-state index contributed by atoms with van der Waals surface area (Å²) in [5.74, 6) is 0.506. The molecule has 0 aliphatic carbocycles. The largest absolute Gasteiger partial charge is 0.489 e. The third-order valence-corrected chi connectivity index (χ3v) is 3.90. The quantitative estimate of drug-likeness (QED) is 0.349. The Morgan fingerprint density at radius 1 is 0.926 bits per heavy atom. The second-order valence-electron chi connectivity index (χ2n) is 5.92. The smallest absolute Gasteiger partial charge is 0.256 e. The maximum absolute atomic E-state index is 13.0. The van der Waals surface area contributed by atoms with Gasteiger partial charge in [-0.25, -0.2) is 0 Å². The molecule has 3 heteroatoms. The summed E-state index contributed by atoms with van der Waals surface area (Å²) in [5, 5.41) is 2.96. The monoisotopic (exact) mass is 355 g/mol. The molecule has 0 aliphatic rings. The van der Waals surface area contributed by atoms with Crippen LogP contribution in [-0.4, -0.2) is 12.5 Å². The normalized spacial score (nSPS) is 10.9. The van der Waals surface area contributed by atoms with Gasteiger partial charge in [0, 0.05) is 17.3 Å². The number of hydrogen-bond donors (Lipinski definition) is 1. The summed E-state index contributed by atoms with van der Waals surface area (Å²) in [6.45, 7) is 4.06. The molecule has 3 rings (SSSR count). The lowest BCUT2D eigenvalue weighted by molar-refractivity contribution is -0.111. The first-order valence-corrected chi connectivity index (χ1v) is 8.73. The van der Waals surface area contributed by atoms with Gasteiger partial charge in [-0.3, -0.25) is 4.79 Å². The number of carbonyl (C=O) groups is 1. The first-order valence-electron chi connectivity index (χ1n) is 8.73. The van der Waals surface area contributed by atoms with Crippen molar-refractivity contribution < 1.29 is 9.53 Å². The fourth-order valence-corrected chi connectivity index (χ4v) is 2.63. The summed E-state index contributed by atoms with van der Waals surface area (Å²) in [6.07, 6.45) is 3.57. The Morgan fingerprint density at radius 2 is 1.63 bits per heavy atom. The Balaban J connectivity index is 1.88. The lowest BCUT2D eigenvalue weighted by Crippen LogP contribution is -2.13. The third-order valence-electron chi connectivity index (χ3n) is 3.90.